The van der Waals surface area contributed by atoms with E-state index in [1.165, 1.54) is 23.1 Å². The van der Waals surface area contributed by atoms with E-state index in [1.54, 1.807) is 18.1 Å². The molecule has 6 saturated heterocycles. The highest BCUT2D eigenvalue weighted by Crippen LogP contribution is 2.60. The average Bonchev–Trinajstić information content (AvgIpc) is 3.65. The van der Waals surface area contributed by atoms with E-state index in [2.05, 4.69) is 31.0 Å². The summed E-state index contributed by atoms with van der Waals surface area (Å²) >= 11 is 0. The number of piperidine rings is 3. The molecule has 0 aliphatic carbocycles. The molecule has 0 radical (unpaired) electrons. The van der Waals surface area contributed by atoms with Crippen LogP contribution < -0.4 is 24.8 Å². The smallest absolute Gasteiger partial charge is 0.255 e. The highest BCUT2D eigenvalue weighted by Gasteiger charge is 2.63. The van der Waals surface area contributed by atoms with Crippen molar-refractivity contribution in [3.8, 4) is 11.5 Å². The van der Waals surface area contributed by atoms with E-state index >= 15 is 4.39 Å². The Hall–Kier alpha value is -5.32. The molecule has 346 valence electrons. The number of aromatic hydroxyl groups is 1. The van der Waals surface area contributed by atoms with Crippen LogP contribution in [0.15, 0.2) is 48.5 Å². The Morgan fingerprint density at radius 2 is 1.45 bits per heavy atom. The molecule has 0 unspecified atom stereocenters. The van der Waals surface area contributed by atoms with E-state index in [4.69, 9.17) is 9.47 Å². The Bertz CT molecular complexity index is 2340. The molecule has 6 fully saturated rings. The van der Waals surface area contributed by atoms with Gasteiger partial charge in [0, 0.05) is 115 Å². The lowest BCUT2D eigenvalue weighted by atomic mass is 9.62. The Labute approximate surface area is 378 Å². The molecule has 7 aliphatic rings. The normalized spacial score (nSPS) is 24.7. The second-order valence-electron chi connectivity index (χ2n) is 19.2. The number of carbonyl (C=O) groups excluding carboxylic acids is 4. The lowest BCUT2D eigenvalue weighted by Gasteiger charge is -2.57. The molecule has 7 heterocycles. The number of ether oxygens (including phenoxy) is 2. The van der Waals surface area contributed by atoms with E-state index in [0.29, 0.717) is 73.4 Å². The number of imide groups is 1. The van der Waals surface area contributed by atoms with Gasteiger partial charge in [0.1, 0.15) is 17.6 Å². The molecule has 0 aromatic heterocycles. The van der Waals surface area contributed by atoms with Crippen molar-refractivity contribution in [1.29, 1.82) is 0 Å². The van der Waals surface area contributed by atoms with Gasteiger partial charge in [0.25, 0.3) is 5.91 Å². The number of rotatable bonds is 10. The minimum absolute atomic E-state index is 0.0574. The number of methoxy groups -OCH3 is 1. The van der Waals surface area contributed by atoms with Crippen LogP contribution in [0.4, 0.5) is 25.8 Å². The van der Waals surface area contributed by atoms with Crippen molar-refractivity contribution in [3.05, 3.63) is 76.9 Å². The Kier molecular flexibility index (Phi) is 11.9. The Morgan fingerprint density at radius 3 is 2.09 bits per heavy atom. The first-order chi connectivity index (χ1) is 31.5. The van der Waals surface area contributed by atoms with Crippen molar-refractivity contribution >= 4 is 40.7 Å². The van der Waals surface area contributed by atoms with Gasteiger partial charge >= 0.3 is 0 Å². The minimum Gasteiger partial charge on any atom is -0.503 e. The first-order valence-electron chi connectivity index (χ1n) is 23.5. The number of fused-ring (bicyclic) bond motifs is 1. The molecule has 4 amide bonds. The summed E-state index contributed by atoms with van der Waals surface area (Å²) in [5.41, 5.74) is 2.85. The zero-order valence-corrected chi connectivity index (χ0v) is 37.1. The summed E-state index contributed by atoms with van der Waals surface area (Å²) in [5, 5.41) is 13.0. The fourth-order valence-corrected chi connectivity index (χ4v) is 11.8. The van der Waals surface area contributed by atoms with Gasteiger partial charge in [0.2, 0.25) is 17.7 Å². The number of piperazine rings is 1. The molecular weight excluding hydrogens is 837 g/mol. The third-order valence-electron chi connectivity index (χ3n) is 15.6. The molecule has 14 nitrogen and oxygen atoms in total. The van der Waals surface area contributed by atoms with Gasteiger partial charge in [-0.2, -0.15) is 0 Å². The average molecular weight is 896 g/mol. The molecule has 10 rings (SSSR count). The first-order valence-corrected chi connectivity index (χ1v) is 23.5. The van der Waals surface area contributed by atoms with Crippen LogP contribution in [0.1, 0.15) is 78.9 Å². The predicted octanol–water partition coefficient (Wildman–Crippen LogP) is 5.08. The van der Waals surface area contributed by atoms with Crippen LogP contribution in [0.3, 0.4) is 0 Å². The molecule has 65 heavy (non-hydrogen) atoms. The molecular formula is C49H59F2N7O7. The summed E-state index contributed by atoms with van der Waals surface area (Å²) in [4.78, 5) is 63.9. The summed E-state index contributed by atoms with van der Waals surface area (Å²) in [6.45, 7) is 10.8. The van der Waals surface area contributed by atoms with Crippen LogP contribution in [-0.4, -0.2) is 135 Å². The van der Waals surface area contributed by atoms with Gasteiger partial charge in [-0.25, -0.2) is 8.78 Å². The van der Waals surface area contributed by atoms with Gasteiger partial charge in [0.15, 0.2) is 11.6 Å². The highest BCUT2D eigenvalue weighted by molar-refractivity contribution is 6.08. The number of halogens is 2. The third kappa shape index (κ3) is 8.09. The van der Waals surface area contributed by atoms with Gasteiger partial charge in [-0.15, -0.1) is 0 Å². The molecule has 2 atom stereocenters. The van der Waals surface area contributed by atoms with Crippen molar-refractivity contribution < 1.29 is 42.5 Å². The highest BCUT2D eigenvalue weighted by atomic mass is 19.1. The van der Waals surface area contributed by atoms with Gasteiger partial charge in [0.05, 0.1) is 29.9 Å². The molecule has 1 spiro atoms. The Morgan fingerprint density at radius 1 is 0.785 bits per heavy atom. The summed E-state index contributed by atoms with van der Waals surface area (Å²) in [6.07, 6.45) is 5.59. The number of para-hydroxylation sites is 1. The molecule has 7 aliphatic heterocycles. The fourth-order valence-electron chi connectivity index (χ4n) is 11.8. The van der Waals surface area contributed by atoms with Crippen LogP contribution >= 0.6 is 0 Å². The topological polar surface area (TPSA) is 138 Å². The lowest BCUT2D eigenvalue weighted by molar-refractivity contribution is -0.149. The number of hydrogen-bond donors (Lipinski definition) is 2. The maximum absolute atomic E-state index is 16.3. The number of nitrogens with one attached hydrogen (secondary N) is 1. The molecule has 3 aromatic carbocycles. The predicted molar refractivity (Wildman–Crippen MR) is 239 cm³/mol. The third-order valence-corrected chi connectivity index (χ3v) is 15.6. The monoisotopic (exact) mass is 895 g/mol. The fraction of sp³-hybridized carbons (Fsp3) is 0.551. The van der Waals surface area contributed by atoms with Gasteiger partial charge in [-0.3, -0.25) is 29.4 Å². The molecule has 3 aromatic rings. The minimum atomic E-state index is -0.872. The van der Waals surface area contributed by atoms with Crippen molar-refractivity contribution in [1.82, 2.24) is 20.0 Å². The van der Waals surface area contributed by atoms with Crippen LogP contribution in [0.5, 0.6) is 11.5 Å². The zero-order chi connectivity index (χ0) is 45.0. The van der Waals surface area contributed by atoms with Crippen molar-refractivity contribution in [2.24, 2.45) is 17.3 Å². The van der Waals surface area contributed by atoms with Crippen LogP contribution in [0, 0.1) is 28.9 Å². The second-order valence-corrected chi connectivity index (χ2v) is 19.2. The molecule has 0 bridgehead atoms. The maximum Gasteiger partial charge on any atom is 0.255 e. The summed E-state index contributed by atoms with van der Waals surface area (Å²) < 4.78 is 42.4. The number of phenolic OH excluding ortho intramolecular Hbond substituents is 1. The van der Waals surface area contributed by atoms with Crippen LogP contribution in [-0.2, 0) is 25.7 Å². The largest absolute Gasteiger partial charge is 0.503 e. The second kappa shape index (κ2) is 17.8. The number of hydrogen-bond acceptors (Lipinski definition) is 11. The number of phenols is 1. The van der Waals surface area contributed by atoms with Crippen molar-refractivity contribution in [2.45, 2.75) is 70.0 Å². The number of nitrogens with zero attached hydrogens (tertiary/aromatic N) is 6. The number of anilines is 3. The van der Waals surface area contributed by atoms with Crippen molar-refractivity contribution in [3.63, 3.8) is 0 Å². The number of amides is 4. The van der Waals surface area contributed by atoms with Crippen LogP contribution in [0.25, 0.3) is 0 Å². The first kappa shape index (κ1) is 43.6. The Balaban J connectivity index is 0.693. The summed E-state index contributed by atoms with van der Waals surface area (Å²) in [6, 6.07) is 12.1. The van der Waals surface area contributed by atoms with Crippen molar-refractivity contribution in [2.75, 3.05) is 100 Å². The van der Waals surface area contributed by atoms with E-state index < -0.39 is 34.9 Å². The van der Waals surface area contributed by atoms with Gasteiger partial charge in [-0.05, 0) is 98.7 Å². The zero-order valence-electron chi connectivity index (χ0n) is 37.1. The van der Waals surface area contributed by atoms with E-state index in [9.17, 15) is 28.7 Å². The van der Waals surface area contributed by atoms with Crippen LogP contribution in [0.2, 0.25) is 0 Å². The van der Waals surface area contributed by atoms with E-state index in [1.807, 2.05) is 12.1 Å². The number of carbonyl (C=O) groups is 4. The molecule has 16 heteroatoms. The SMILES string of the molecule is COc1cc(N2CCC(CN3CCN(CC4CCN(c5ccc6c(c5)CN([C@H]5CCC(=O)NC5=O)C6=O)CC4)CC3)CC2)c(F)cc1[C@@H]1N(c2cccc(F)c2O)C(=O)C12CCOCC2. The van der Waals surface area contributed by atoms with Gasteiger partial charge < -0.3 is 39.1 Å². The quantitative estimate of drug-likeness (QED) is 0.209. The maximum atomic E-state index is 16.3. The number of β-lactam (4-membered cyclic amide) rings is 1. The summed E-state index contributed by atoms with van der Waals surface area (Å²) in [7, 11) is 1.54. The van der Waals surface area contributed by atoms with E-state index in [0.717, 1.165) is 108 Å². The lowest BCUT2D eigenvalue weighted by Crippen LogP contribution is -2.65. The van der Waals surface area contributed by atoms with Gasteiger partial charge in [-0.1, -0.05) is 6.07 Å². The summed E-state index contributed by atoms with van der Waals surface area (Å²) in [5.74, 6) is -1.28. The number of benzene rings is 3. The molecule has 2 N–H and O–H groups in total. The van der Waals surface area contributed by atoms with E-state index in [-0.39, 0.29) is 35.7 Å². The molecule has 0 saturated carbocycles. The standard InChI is InChI=1S/C49H59F2N7O7/c1-64-42-27-41(38(51)26-36(42)45-49(13-23-65-24-14-49)48(63)58(45)39-4-2-3-37(50)44(39)60)56-17-11-32(12-18-56)29-54-21-19-53(20-22-54)28-31-9-15-55(16-10-31)34-5-6-35-33(25-34)30-57(47(35)62)40-7-8-43(59)52-46(40)61/h2-6,25-27,31-32,40,45,60H,7-24,28-30H2,1H3,(H,52,59,61)/t40-,45-/m0/s1.